The second-order valence-corrected chi connectivity index (χ2v) is 3.47. The Balaban J connectivity index is 4.22. The highest BCUT2D eigenvalue weighted by Crippen LogP contribution is 2.21. The van der Waals surface area contributed by atoms with Gasteiger partial charge in [-0.3, -0.25) is 0 Å². The number of hydrogen-bond donors (Lipinski definition) is 0. The second-order valence-electron chi connectivity index (χ2n) is 3.47. The van der Waals surface area contributed by atoms with Gasteiger partial charge in [0.15, 0.2) is 0 Å². The van der Waals surface area contributed by atoms with E-state index >= 15 is 0 Å². The first-order valence-electron chi connectivity index (χ1n) is 3.49. The van der Waals surface area contributed by atoms with Gasteiger partial charge >= 0.3 is 0 Å². The van der Waals surface area contributed by atoms with E-state index in [2.05, 4.69) is 17.9 Å². The average Bonchev–Trinajstić information content (AvgIpc) is 1.86. The molecule has 0 aliphatic carbocycles. The van der Waals surface area contributed by atoms with Gasteiger partial charge in [0.05, 0.1) is 11.5 Å². The lowest BCUT2D eigenvalue weighted by Gasteiger charge is -2.29. The van der Waals surface area contributed by atoms with Gasteiger partial charge < -0.3 is 4.90 Å². The monoisotopic (exact) mass is 140 g/mol. The van der Waals surface area contributed by atoms with Crippen molar-refractivity contribution in [3.05, 3.63) is 0 Å². The fourth-order valence-corrected chi connectivity index (χ4v) is 0.739. The summed E-state index contributed by atoms with van der Waals surface area (Å²) in [5, 5.41) is 8.74. The molecule has 1 atom stereocenters. The molecule has 2 nitrogen and oxygen atoms in total. The Bertz CT molecular complexity index is 142. The molecular formula is C8H16N2. The van der Waals surface area contributed by atoms with Crippen LogP contribution < -0.4 is 0 Å². The predicted octanol–water partition coefficient (Wildman–Crippen LogP) is 1.49. The van der Waals surface area contributed by atoms with Crippen molar-refractivity contribution in [3.63, 3.8) is 0 Å². The maximum absolute atomic E-state index is 8.74. The summed E-state index contributed by atoms with van der Waals surface area (Å²) in [6.07, 6.45) is 0. The third kappa shape index (κ3) is 2.00. The van der Waals surface area contributed by atoms with Crippen LogP contribution in [0.3, 0.4) is 0 Å². The van der Waals surface area contributed by atoms with Gasteiger partial charge in [-0.05, 0) is 34.9 Å². The van der Waals surface area contributed by atoms with E-state index in [0.29, 0.717) is 6.04 Å². The Morgan fingerprint density at radius 1 is 1.40 bits per heavy atom. The van der Waals surface area contributed by atoms with Crippen molar-refractivity contribution in [3.8, 4) is 6.07 Å². The summed E-state index contributed by atoms with van der Waals surface area (Å²) >= 11 is 0. The van der Waals surface area contributed by atoms with Gasteiger partial charge in [-0.2, -0.15) is 5.26 Å². The highest BCUT2D eigenvalue weighted by Gasteiger charge is 2.26. The molecule has 0 rings (SSSR count). The van der Waals surface area contributed by atoms with Crippen molar-refractivity contribution in [2.75, 3.05) is 14.1 Å². The summed E-state index contributed by atoms with van der Waals surface area (Å²) in [4.78, 5) is 2.06. The van der Waals surface area contributed by atoms with Gasteiger partial charge in [-0.1, -0.05) is 0 Å². The molecule has 0 heterocycles. The van der Waals surface area contributed by atoms with E-state index in [4.69, 9.17) is 5.26 Å². The lowest BCUT2D eigenvalue weighted by Crippen LogP contribution is -2.37. The van der Waals surface area contributed by atoms with Crippen LogP contribution in [0.4, 0.5) is 0 Å². The molecule has 0 spiro atoms. The lowest BCUT2D eigenvalue weighted by atomic mass is 9.87. The number of nitriles is 1. The van der Waals surface area contributed by atoms with Crippen LogP contribution >= 0.6 is 0 Å². The molecule has 0 aromatic rings. The van der Waals surface area contributed by atoms with Gasteiger partial charge in [0.1, 0.15) is 0 Å². The van der Waals surface area contributed by atoms with Crippen molar-refractivity contribution < 1.29 is 0 Å². The first-order valence-corrected chi connectivity index (χ1v) is 3.49. The van der Waals surface area contributed by atoms with Crippen molar-refractivity contribution >= 4 is 0 Å². The van der Waals surface area contributed by atoms with Crippen molar-refractivity contribution in [2.45, 2.75) is 26.8 Å². The zero-order chi connectivity index (χ0) is 8.36. The zero-order valence-electron chi connectivity index (χ0n) is 7.47. The Kier molecular flexibility index (Phi) is 2.86. The van der Waals surface area contributed by atoms with Crippen molar-refractivity contribution in [1.29, 1.82) is 5.26 Å². The summed E-state index contributed by atoms with van der Waals surface area (Å²) in [7, 11) is 3.98. The number of nitrogens with zero attached hydrogens (tertiary/aromatic N) is 2. The summed E-state index contributed by atoms with van der Waals surface area (Å²) in [5.74, 6) is 0. The molecule has 0 fully saturated rings. The van der Waals surface area contributed by atoms with Crippen LogP contribution in [-0.2, 0) is 0 Å². The maximum Gasteiger partial charge on any atom is 0.0700 e. The number of hydrogen-bond acceptors (Lipinski definition) is 2. The third-order valence-electron chi connectivity index (χ3n) is 2.11. The molecule has 0 aliphatic rings. The normalized spacial score (nSPS) is 14.9. The van der Waals surface area contributed by atoms with Crippen LogP contribution in [0.5, 0.6) is 0 Å². The van der Waals surface area contributed by atoms with Crippen LogP contribution in [-0.4, -0.2) is 25.0 Å². The first kappa shape index (κ1) is 9.45. The first-order chi connectivity index (χ1) is 4.41. The predicted molar refractivity (Wildman–Crippen MR) is 42.5 cm³/mol. The third-order valence-corrected chi connectivity index (χ3v) is 2.11. The summed E-state index contributed by atoms with van der Waals surface area (Å²) in [6.45, 7) is 5.97. The highest BCUT2D eigenvalue weighted by atomic mass is 15.1. The van der Waals surface area contributed by atoms with Crippen LogP contribution in [0, 0.1) is 16.7 Å². The van der Waals surface area contributed by atoms with Crippen LogP contribution in [0.25, 0.3) is 0 Å². The van der Waals surface area contributed by atoms with Gasteiger partial charge in [0, 0.05) is 6.04 Å². The molecule has 0 aromatic carbocycles. The quantitative estimate of drug-likeness (QED) is 0.581. The minimum Gasteiger partial charge on any atom is -0.305 e. The Hall–Kier alpha value is -0.550. The SMILES string of the molecule is CC(N(C)C)C(C)(C)C#N. The fourth-order valence-electron chi connectivity index (χ4n) is 0.739. The minimum absolute atomic E-state index is 0.247. The van der Waals surface area contributed by atoms with E-state index < -0.39 is 0 Å². The second kappa shape index (κ2) is 3.03. The molecule has 0 saturated heterocycles. The molecule has 0 N–H and O–H groups in total. The van der Waals surface area contributed by atoms with Gasteiger partial charge in [-0.25, -0.2) is 0 Å². The van der Waals surface area contributed by atoms with Gasteiger partial charge in [0.25, 0.3) is 0 Å². The zero-order valence-corrected chi connectivity index (χ0v) is 7.47. The smallest absolute Gasteiger partial charge is 0.0700 e. The topological polar surface area (TPSA) is 27.0 Å². The molecule has 0 saturated carbocycles. The fraction of sp³-hybridized carbons (Fsp3) is 0.875. The Morgan fingerprint density at radius 3 is 1.90 bits per heavy atom. The largest absolute Gasteiger partial charge is 0.305 e. The standard InChI is InChI=1S/C8H16N2/c1-7(10(4)5)8(2,3)6-9/h7H,1-5H3. The summed E-state index contributed by atoms with van der Waals surface area (Å²) in [6, 6.07) is 2.58. The van der Waals surface area contributed by atoms with E-state index in [-0.39, 0.29) is 5.41 Å². The lowest BCUT2D eigenvalue weighted by molar-refractivity contribution is 0.201. The molecule has 0 bridgehead atoms. The van der Waals surface area contributed by atoms with E-state index in [0.717, 1.165) is 0 Å². The molecular weight excluding hydrogens is 124 g/mol. The summed E-state index contributed by atoms with van der Waals surface area (Å²) in [5.41, 5.74) is -0.247. The molecule has 2 heteroatoms. The molecule has 0 aliphatic heterocycles. The average molecular weight is 140 g/mol. The van der Waals surface area contributed by atoms with E-state index in [1.54, 1.807) is 0 Å². The summed E-state index contributed by atoms with van der Waals surface area (Å²) < 4.78 is 0. The molecule has 0 radical (unpaired) electrons. The maximum atomic E-state index is 8.74. The molecule has 1 unspecified atom stereocenters. The number of rotatable bonds is 2. The van der Waals surface area contributed by atoms with Crippen LogP contribution in [0.1, 0.15) is 20.8 Å². The van der Waals surface area contributed by atoms with Gasteiger partial charge in [-0.15, -0.1) is 0 Å². The van der Waals surface area contributed by atoms with Crippen molar-refractivity contribution in [2.24, 2.45) is 5.41 Å². The molecule has 0 aromatic heterocycles. The molecule has 10 heavy (non-hydrogen) atoms. The van der Waals surface area contributed by atoms with E-state index in [1.165, 1.54) is 0 Å². The highest BCUT2D eigenvalue weighted by molar-refractivity contribution is 4.98. The minimum atomic E-state index is -0.247. The molecule has 0 amide bonds. The van der Waals surface area contributed by atoms with Crippen LogP contribution in [0.15, 0.2) is 0 Å². The molecule has 58 valence electrons. The Labute approximate surface area is 63.4 Å². The van der Waals surface area contributed by atoms with E-state index in [9.17, 15) is 0 Å². The van der Waals surface area contributed by atoms with E-state index in [1.807, 2.05) is 27.9 Å². The van der Waals surface area contributed by atoms with Gasteiger partial charge in [0.2, 0.25) is 0 Å². The Morgan fingerprint density at radius 2 is 1.80 bits per heavy atom. The van der Waals surface area contributed by atoms with Crippen molar-refractivity contribution in [1.82, 2.24) is 4.90 Å². The van der Waals surface area contributed by atoms with Crippen LogP contribution in [0.2, 0.25) is 0 Å².